The Morgan fingerprint density at radius 2 is 2.20 bits per heavy atom. The predicted octanol–water partition coefficient (Wildman–Crippen LogP) is 2.10. The maximum Gasteiger partial charge on any atom is 0.260 e. The first-order valence-electron chi connectivity index (χ1n) is 6.23. The molecule has 0 unspecified atom stereocenters. The third-order valence-corrected chi connectivity index (χ3v) is 3.24. The normalized spacial score (nSPS) is 15.2. The molecule has 1 N–H and O–H groups in total. The number of carbonyl (C=O) groups excluding carboxylic acids is 1. The maximum atomic E-state index is 13.0. The van der Waals surface area contributed by atoms with Crippen LogP contribution in [0.15, 0.2) is 18.2 Å². The average Bonchev–Trinajstić information content (AvgIpc) is 2.69. The first-order chi connectivity index (χ1) is 9.16. The van der Waals surface area contributed by atoms with Crippen molar-refractivity contribution < 1.29 is 13.9 Å². The fourth-order valence-electron chi connectivity index (χ4n) is 1.90. The SMILES string of the molecule is Cl.O=C(COc1ccc(F)c(Cl)c1)N1CCCNCC1. The van der Waals surface area contributed by atoms with E-state index in [0.29, 0.717) is 12.3 Å². The Labute approximate surface area is 128 Å². The topological polar surface area (TPSA) is 41.6 Å². The lowest BCUT2D eigenvalue weighted by atomic mass is 10.3. The van der Waals surface area contributed by atoms with Crippen molar-refractivity contribution in [2.75, 3.05) is 32.8 Å². The first kappa shape index (κ1) is 17.0. The van der Waals surface area contributed by atoms with Gasteiger partial charge in [0.2, 0.25) is 0 Å². The highest BCUT2D eigenvalue weighted by molar-refractivity contribution is 6.30. The quantitative estimate of drug-likeness (QED) is 0.926. The van der Waals surface area contributed by atoms with E-state index in [1.165, 1.54) is 18.2 Å². The molecule has 1 heterocycles. The van der Waals surface area contributed by atoms with Gasteiger partial charge in [-0.05, 0) is 25.1 Å². The summed E-state index contributed by atoms with van der Waals surface area (Å²) in [5.74, 6) is -0.171. The maximum absolute atomic E-state index is 13.0. The van der Waals surface area contributed by atoms with Gasteiger partial charge < -0.3 is 15.0 Å². The molecule has 0 atom stereocenters. The highest BCUT2D eigenvalue weighted by atomic mass is 35.5. The van der Waals surface area contributed by atoms with Crippen molar-refractivity contribution in [3.63, 3.8) is 0 Å². The summed E-state index contributed by atoms with van der Waals surface area (Å²) in [6.07, 6.45) is 0.939. The standard InChI is InChI=1S/C13H16ClFN2O2.ClH/c14-11-8-10(2-3-12(11)15)19-9-13(18)17-6-1-4-16-5-7-17;/h2-3,8,16H,1,4-7,9H2;1H. The van der Waals surface area contributed by atoms with Gasteiger partial charge in [-0.2, -0.15) is 0 Å². The van der Waals surface area contributed by atoms with Crippen molar-refractivity contribution in [2.24, 2.45) is 0 Å². The monoisotopic (exact) mass is 322 g/mol. The summed E-state index contributed by atoms with van der Waals surface area (Å²) in [5.41, 5.74) is 0. The Morgan fingerprint density at radius 3 is 2.95 bits per heavy atom. The Morgan fingerprint density at radius 1 is 1.40 bits per heavy atom. The molecule has 1 fully saturated rings. The van der Waals surface area contributed by atoms with Gasteiger partial charge in [0.1, 0.15) is 11.6 Å². The molecule has 1 saturated heterocycles. The molecule has 0 bridgehead atoms. The van der Waals surface area contributed by atoms with Crippen molar-refractivity contribution in [2.45, 2.75) is 6.42 Å². The number of hydrogen-bond acceptors (Lipinski definition) is 3. The lowest BCUT2D eigenvalue weighted by Crippen LogP contribution is -2.37. The summed E-state index contributed by atoms with van der Waals surface area (Å²) < 4.78 is 18.3. The van der Waals surface area contributed by atoms with Crippen LogP contribution in [-0.4, -0.2) is 43.6 Å². The van der Waals surface area contributed by atoms with E-state index in [9.17, 15) is 9.18 Å². The van der Waals surface area contributed by atoms with E-state index in [2.05, 4.69) is 5.32 Å². The number of carbonyl (C=O) groups is 1. The number of rotatable bonds is 3. The second-order valence-corrected chi connectivity index (χ2v) is 4.76. The van der Waals surface area contributed by atoms with E-state index in [-0.39, 0.29) is 29.9 Å². The third-order valence-electron chi connectivity index (χ3n) is 2.95. The van der Waals surface area contributed by atoms with Crippen LogP contribution in [0.2, 0.25) is 5.02 Å². The van der Waals surface area contributed by atoms with Crippen LogP contribution in [0.3, 0.4) is 0 Å². The molecule has 1 amide bonds. The molecule has 0 radical (unpaired) electrons. The van der Waals surface area contributed by atoms with Crippen molar-refractivity contribution in [3.05, 3.63) is 29.0 Å². The van der Waals surface area contributed by atoms with E-state index < -0.39 is 5.82 Å². The van der Waals surface area contributed by atoms with Gasteiger partial charge in [-0.25, -0.2) is 4.39 Å². The number of nitrogens with zero attached hydrogens (tertiary/aromatic N) is 1. The molecular formula is C13H17Cl2FN2O2. The minimum atomic E-state index is -0.501. The summed E-state index contributed by atoms with van der Waals surface area (Å²) in [6, 6.07) is 4.05. The van der Waals surface area contributed by atoms with Crippen molar-refractivity contribution >= 4 is 29.9 Å². The Kier molecular flexibility index (Phi) is 7.05. The molecule has 7 heteroatoms. The zero-order valence-electron chi connectivity index (χ0n) is 10.9. The number of nitrogens with one attached hydrogen (secondary N) is 1. The van der Waals surface area contributed by atoms with Crippen molar-refractivity contribution in [3.8, 4) is 5.75 Å². The molecule has 112 valence electrons. The Hall–Kier alpha value is -1.04. The fourth-order valence-corrected chi connectivity index (χ4v) is 2.07. The van der Waals surface area contributed by atoms with Crippen LogP contribution < -0.4 is 10.1 Å². The van der Waals surface area contributed by atoms with Gasteiger partial charge >= 0.3 is 0 Å². The summed E-state index contributed by atoms with van der Waals surface area (Å²) in [6.45, 7) is 3.10. The summed E-state index contributed by atoms with van der Waals surface area (Å²) >= 11 is 5.64. The van der Waals surface area contributed by atoms with Crippen LogP contribution in [0, 0.1) is 5.82 Å². The summed E-state index contributed by atoms with van der Waals surface area (Å²) in [5, 5.41) is 3.22. The lowest BCUT2D eigenvalue weighted by Gasteiger charge is -2.20. The van der Waals surface area contributed by atoms with E-state index in [1.807, 2.05) is 0 Å². The van der Waals surface area contributed by atoms with E-state index in [1.54, 1.807) is 4.90 Å². The second-order valence-electron chi connectivity index (χ2n) is 4.35. The smallest absolute Gasteiger partial charge is 0.260 e. The fraction of sp³-hybridized carbons (Fsp3) is 0.462. The Bertz CT molecular complexity index is 452. The van der Waals surface area contributed by atoms with Crippen LogP contribution in [0.4, 0.5) is 4.39 Å². The van der Waals surface area contributed by atoms with E-state index >= 15 is 0 Å². The molecule has 0 aliphatic carbocycles. The van der Waals surface area contributed by atoms with Gasteiger partial charge in [0.25, 0.3) is 5.91 Å². The zero-order chi connectivity index (χ0) is 13.7. The number of hydrogen-bond donors (Lipinski definition) is 1. The number of amides is 1. The number of ether oxygens (including phenoxy) is 1. The van der Waals surface area contributed by atoms with Crippen LogP contribution in [0.25, 0.3) is 0 Å². The molecule has 4 nitrogen and oxygen atoms in total. The van der Waals surface area contributed by atoms with Crippen LogP contribution in [-0.2, 0) is 4.79 Å². The largest absolute Gasteiger partial charge is 0.484 e. The Balaban J connectivity index is 0.00000200. The highest BCUT2D eigenvalue weighted by Gasteiger charge is 2.15. The summed E-state index contributed by atoms with van der Waals surface area (Å²) in [7, 11) is 0. The van der Waals surface area contributed by atoms with Crippen molar-refractivity contribution in [1.82, 2.24) is 10.2 Å². The van der Waals surface area contributed by atoms with Gasteiger partial charge in [-0.15, -0.1) is 12.4 Å². The van der Waals surface area contributed by atoms with Gasteiger partial charge in [0.15, 0.2) is 6.61 Å². The van der Waals surface area contributed by atoms with Gasteiger partial charge in [-0.3, -0.25) is 4.79 Å². The second kappa shape index (κ2) is 8.29. The van der Waals surface area contributed by atoms with E-state index in [4.69, 9.17) is 16.3 Å². The van der Waals surface area contributed by atoms with Crippen LogP contribution in [0.1, 0.15) is 6.42 Å². The lowest BCUT2D eigenvalue weighted by molar-refractivity contribution is -0.133. The van der Waals surface area contributed by atoms with Crippen LogP contribution >= 0.6 is 24.0 Å². The molecule has 20 heavy (non-hydrogen) atoms. The third kappa shape index (κ3) is 4.81. The molecule has 1 aromatic rings. The molecule has 0 saturated carbocycles. The van der Waals surface area contributed by atoms with Crippen molar-refractivity contribution in [1.29, 1.82) is 0 Å². The molecule has 2 rings (SSSR count). The molecule has 0 aromatic heterocycles. The molecule has 1 aromatic carbocycles. The van der Waals surface area contributed by atoms with Gasteiger partial charge in [0.05, 0.1) is 5.02 Å². The number of benzene rings is 1. The van der Waals surface area contributed by atoms with Gasteiger partial charge in [0, 0.05) is 25.7 Å². The minimum absolute atomic E-state index is 0. The molecule has 0 spiro atoms. The molecule has 1 aliphatic rings. The predicted molar refractivity (Wildman–Crippen MR) is 78.2 cm³/mol. The highest BCUT2D eigenvalue weighted by Crippen LogP contribution is 2.21. The molecule has 1 aliphatic heterocycles. The summed E-state index contributed by atoms with van der Waals surface area (Å²) in [4.78, 5) is 13.7. The average molecular weight is 323 g/mol. The van der Waals surface area contributed by atoms with Gasteiger partial charge in [-0.1, -0.05) is 11.6 Å². The van der Waals surface area contributed by atoms with Crippen LogP contribution in [0.5, 0.6) is 5.75 Å². The van der Waals surface area contributed by atoms with E-state index in [0.717, 1.165) is 26.1 Å². The first-order valence-corrected chi connectivity index (χ1v) is 6.61. The minimum Gasteiger partial charge on any atom is -0.484 e. The number of halogens is 3. The zero-order valence-corrected chi connectivity index (χ0v) is 12.5. The molecular weight excluding hydrogens is 306 g/mol.